The van der Waals surface area contributed by atoms with Crippen LogP contribution < -0.4 is 0 Å². The highest BCUT2D eigenvalue weighted by Crippen LogP contribution is 2.26. The van der Waals surface area contributed by atoms with Gasteiger partial charge in [0.2, 0.25) is 15.9 Å². The number of sulfonamides is 1. The van der Waals surface area contributed by atoms with Crippen molar-refractivity contribution in [3.63, 3.8) is 0 Å². The van der Waals surface area contributed by atoms with E-state index in [1.165, 1.54) is 4.31 Å². The largest absolute Gasteiger partial charge is 0.342 e. The molecule has 4 rings (SSSR count). The van der Waals surface area contributed by atoms with Crippen LogP contribution in [0.3, 0.4) is 0 Å². The summed E-state index contributed by atoms with van der Waals surface area (Å²) in [7, 11) is -3.67. The molecular formula is C25H31N3O4S. The minimum absolute atomic E-state index is 0.0903. The lowest BCUT2D eigenvalue weighted by molar-refractivity contribution is -0.135. The van der Waals surface area contributed by atoms with Crippen molar-refractivity contribution in [1.82, 2.24) is 14.2 Å². The van der Waals surface area contributed by atoms with Crippen LogP contribution in [0.15, 0.2) is 53.7 Å². The number of ketones is 1. The Morgan fingerprint density at radius 3 is 2.42 bits per heavy atom. The Kier molecular flexibility index (Phi) is 7.55. The average molecular weight is 470 g/mol. The SMILES string of the molecule is O=C(CCc1cccnc1)Cc1ccc(S(=O)(=O)N2CCC[C@H](C(=O)N3CCCC3)C2)cc1. The van der Waals surface area contributed by atoms with Gasteiger partial charge in [0.25, 0.3) is 0 Å². The Morgan fingerprint density at radius 1 is 0.970 bits per heavy atom. The summed E-state index contributed by atoms with van der Waals surface area (Å²) < 4.78 is 27.8. The molecule has 0 radical (unpaired) electrons. The van der Waals surface area contributed by atoms with E-state index in [9.17, 15) is 18.0 Å². The molecule has 7 nitrogen and oxygen atoms in total. The number of hydrogen-bond donors (Lipinski definition) is 0. The van der Waals surface area contributed by atoms with Crippen molar-refractivity contribution in [1.29, 1.82) is 0 Å². The van der Waals surface area contributed by atoms with Crippen molar-refractivity contribution < 1.29 is 18.0 Å². The smallest absolute Gasteiger partial charge is 0.243 e. The number of aryl methyl sites for hydroxylation is 1. The lowest BCUT2D eigenvalue weighted by Gasteiger charge is -2.33. The first-order valence-electron chi connectivity index (χ1n) is 11.7. The van der Waals surface area contributed by atoms with Gasteiger partial charge >= 0.3 is 0 Å². The first kappa shape index (κ1) is 23.6. The van der Waals surface area contributed by atoms with Crippen LogP contribution in [0.2, 0.25) is 0 Å². The fourth-order valence-corrected chi connectivity index (χ4v) is 6.16. The van der Waals surface area contributed by atoms with Crippen molar-refractivity contribution in [2.75, 3.05) is 26.2 Å². The summed E-state index contributed by atoms with van der Waals surface area (Å²) in [5.41, 5.74) is 1.82. The molecule has 8 heteroatoms. The second-order valence-electron chi connectivity index (χ2n) is 8.96. The molecule has 2 aliphatic heterocycles. The Morgan fingerprint density at radius 2 is 1.73 bits per heavy atom. The number of aromatic nitrogens is 1. The van der Waals surface area contributed by atoms with Crippen molar-refractivity contribution in [3.05, 3.63) is 59.9 Å². The van der Waals surface area contributed by atoms with E-state index < -0.39 is 10.0 Å². The highest BCUT2D eigenvalue weighted by atomic mass is 32.2. The number of pyridine rings is 1. The van der Waals surface area contributed by atoms with Gasteiger partial charge in [0, 0.05) is 51.4 Å². The Bertz CT molecular complexity index is 1060. The second kappa shape index (κ2) is 10.6. The summed E-state index contributed by atoms with van der Waals surface area (Å²) in [6.45, 7) is 2.24. The molecule has 0 N–H and O–H groups in total. The number of nitrogens with zero attached hydrogens (tertiary/aromatic N) is 3. The molecule has 2 aliphatic rings. The Hall–Kier alpha value is -2.58. The predicted octanol–water partition coefficient (Wildman–Crippen LogP) is 2.85. The summed E-state index contributed by atoms with van der Waals surface area (Å²) in [5, 5.41) is 0. The maximum absolute atomic E-state index is 13.2. The van der Waals surface area contributed by atoms with E-state index in [-0.39, 0.29) is 35.5 Å². The molecule has 0 saturated carbocycles. The third kappa shape index (κ3) is 5.86. The molecule has 0 bridgehead atoms. The van der Waals surface area contributed by atoms with Gasteiger partial charge in [-0.2, -0.15) is 4.31 Å². The molecule has 0 spiro atoms. The molecule has 2 aromatic rings. The number of piperidine rings is 1. The normalized spacial score (nSPS) is 19.5. The van der Waals surface area contributed by atoms with E-state index >= 15 is 0 Å². The molecule has 0 unspecified atom stereocenters. The number of benzene rings is 1. The average Bonchev–Trinajstić information content (AvgIpc) is 3.38. The summed E-state index contributed by atoms with van der Waals surface area (Å²) in [6, 6.07) is 10.4. The highest BCUT2D eigenvalue weighted by Gasteiger charge is 2.35. The first-order chi connectivity index (χ1) is 15.9. The lowest BCUT2D eigenvalue weighted by atomic mass is 9.98. The summed E-state index contributed by atoms with van der Waals surface area (Å²) in [5.74, 6) is -0.0652. The third-order valence-corrected chi connectivity index (χ3v) is 8.41. The fraction of sp³-hybridized carbons (Fsp3) is 0.480. The number of Topliss-reactive ketones (excluding diaryl/α,β-unsaturated/α-hetero) is 1. The zero-order chi connectivity index (χ0) is 23.3. The Labute approximate surface area is 195 Å². The number of hydrogen-bond acceptors (Lipinski definition) is 5. The molecule has 1 amide bonds. The Balaban J connectivity index is 1.35. The van der Waals surface area contributed by atoms with Crippen LogP contribution in [0.1, 0.15) is 43.2 Å². The summed E-state index contributed by atoms with van der Waals surface area (Å²) in [6.07, 6.45) is 8.29. The predicted molar refractivity (Wildman–Crippen MR) is 125 cm³/mol. The van der Waals surface area contributed by atoms with E-state index in [0.717, 1.165) is 43.5 Å². The molecular weight excluding hydrogens is 438 g/mol. The van der Waals surface area contributed by atoms with E-state index in [1.807, 2.05) is 17.0 Å². The van der Waals surface area contributed by atoms with Crippen LogP contribution in [0.4, 0.5) is 0 Å². The molecule has 176 valence electrons. The van der Waals surface area contributed by atoms with Crippen LogP contribution in [0.25, 0.3) is 0 Å². The molecule has 1 aromatic carbocycles. The number of rotatable bonds is 8. The standard InChI is InChI=1S/C25H31N3O4S/c29-23(10-7-21-5-3-13-26-18-21)17-20-8-11-24(12-9-20)33(31,32)28-16-4-6-22(19-28)25(30)27-14-1-2-15-27/h3,5,8-9,11-13,18,22H,1-2,4,6-7,10,14-17,19H2/t22-/m0/s1. The van der Waals surface area contributed by atoms with Gasteiger partial charge in [-0.25, -0.2) is 8.42 Å². The number of carbonyl (C=O) groups is 2. The van der Waals surface area contributed by atoms with E-state index in [4.69, 9.17) is 0 Å². The lowest BCUT2D eigenvalue weighted by Crippen LogP contribution is -2.46. The third-order valence-electron chi connectivity index (χ3n) is 6.53. The van der Waals surface area contributed by atoms with Gasteiger partial charge in [0.05, 0.1) is 10.8 Å². The molecule has 3 heterocycles. The minimum atomic E-state index is -3.67. The van der Waals surface area contributed by atoms with Gasteiger partial charge < -0.3 is 4.90 Å². The number of likely N-dealkylation sites (tertiary alicyclic amines) is 1. The topological polar surface area (TPSA) is 87.6 Å². The maximum Gasteiger partial charge on any atom is 0.243 e. The van der Waals surface area contributed by atoms with Gasteiger partial charge in [0.15, 0.2) is 0 Å². The first-order valence-corrected chi connectivity index (χ1v) is 13.2. The summed E-state index contributed by atoms with van der Waals surface area (Å²) >= 11 is 0. The molecule has 1 atom stereocenters. The minimum Gasteiger partial charge on any atom is -0.342 e. The highest BCUT2D eigenvalue weighted by molar-refractivity contribution is 7.89. The van der Waals surface area contributed by atoms with Crippen LogP contribution in [0, 0.1) is 5.92 Å². The van der Waals surface area contributed by atoms with E-state index in [1.54, 1.807) is 36.7 Å². The van der Waals surface area contributed by atoms with Gasteiger partial charge in [-0.05, 0) is 61.4 Å². The van der Waals surface area contributed by atoms with Crippen LogP contribution >= 0.6 is 0 Å². The molecule has 0 aliphatic carbocycles. The zero-order valence-corrected chi connectivity index (χ0v) is 19.7. The van der Waals surface area contributed by atoms with Crippen molar-refractivity contribution in [3.8, 4) is 0 Å². The van der Waals surface area contributed by atoms with Gasteiger partial charge in [0.1, 0.15) is 5.78 Å². The molecule has 2 fully saturated rings. The number of amides is 1. The van der Waals surface area contributed by atoms with Gasteiger partial charge in [-0.3, -0.25) is 14.6 Å². The monoisotopic (exact) mass is 469 g/mol. The summed E-state index contributed by atoms with van der Waals surface area (Å²) in [4.78, 5) is 31.3. The zero-order valence-electron chi connectivity index (χ0n) is 18.9. The molecule has 2 saturated heterocycles. The van der Waals surface area contributed by atoms with Crippen molar-refractivity contribution >= 4 is 21.7 Å². The second-order valence-corrected chi connectivity index (χ2v) is 10.9. The van der Waals surface area contributed by atoms with Crippen LogP contribution in [-0.2, 0) is 32.5 Å². The van der Waals surface area contributed by atoms with Crippen molar-refractivity contribution in [2.24, 2.45) is 5.92 Å². The fourth-order valence-electron chi connectivity index (χ4n) is 4.63. The van der Waals surface area contributed by atoms with E-state index in [0.29, 0.717) is 25.8 Å². The number of carbonyl (C=O) groups excluding carboxylic acids is 2. The van der Waals surface area contributed by atoms with Crippen LogP contribution in [-0.4, -0.2) is 60.5 Å². The van der Waals surface area contributed by atoms with Gasteiger partial charge in [-0.1, -0.05) is 18.2 Å². The maximum atomic E-state index is 13.2. The van der Waals surface area contributed by atoms with E-state index in [2.05, 4.69) is 4.98 Å². The van der Waals surface area contributed by atoms with Crippen LogP contribution in [0.5, 0.6) is 0 Å². The molecule has 33 heavy (non-hydrogen) atoms. The van der Waals surface area contributed by atoms with Gasteiger partial charge in [-0.15, -0.1) is 0 Å². The quantitative estimate of drug-likeness (QED) is 0.593. The van der Waals surface area contributed by atoms with Crippen molar-refractivity contribution in [2.45, 2.75) is 49.8 Å². The molecule has 1 aromatic heterocycles.